The summed E-state index contributed by atoms with van der Waals surface area (Å²) in [6.45, 7) is 4.93. The third-order valence-electron chi connectivity index (χ3n) is 3.85. The molecule has 7 heteroatoms. The summed E-state index contributed by atoms with van der Waals surface area (Å²) >= 11 is 0. The first-order valence-corrected chi connectivity index (χ1v) is 6.65. The Labute approximate surface area is 116 Å². The minimum Gasteiger partial charge on any atom is -0.347 e. The third-order valence-corrected chi connectivity index (χ3v) is 3.85. The van der Waals surface area contributed by atoms with Crippen LogP contribution in [-0.2, 0) is 17.8 Å². The van der Waals surface area contributed by atoms with Gasteiger partial charge in [-0.3, -0.25) is 9.89 Å². The number of aryl methyl sites for hydroxylation is 2. The van der Waals surface area contributed by atoms with Crippen LogP contribution in [-0.4, -0.2) is 37.5 Å². The van der Waals surface area contributed by atoms with Gasteiger partial charge in [0, 0.05) is 24.2 Å². The van der Waals surface area contributed by atoms with Gasteiger partial charge in [-0.25, -0.2) is 4.98 Å². The number of hydrogen-bond donors (Lipinski definition) is 3. The number of imidazole rings is 1. The maximum Gasteiger partial charge on any atom is 0.244 e. The fourth-order valence-electron chi connectivity index (χ4n) is 2.74. The minimum absolute atomic E-state index is 0.0714. The summed E-state index contributed by atoms with van der Waals surface area (Å²) in [5.74, 6) is -0.0714. The first-order valence-electron chi connectivity index (χ1n) is 6.65. The summed E-state index contributed by atoms with van der Waals surface area (Å²) in [6.07, 6.45) is 2.43. The molecule has 106 valence electrons. The second kappa shape index (κ2) is 4.75. The van der Waals surface area contributed by atoms with E-state index in [2.05, 4.69) is 20.2 Å². The molecule has 1 aliphatic rings. The number of aromatic amines is 2. The number of hydrogen-bond acceptors (Lipinski definition) is 4. The van der Waals surface area contributed by atoms with Crippen LogP contribution in [0.4, 0.5) is 0 Å². The van der Waals surface area contributed by atoms with Gasteiger partial charge >= 0.3 is 0 Å². The van der Waals surface area contributed by atoms with Crippen molar-refractivity contribution in [1.29, 1.82) is 0 Å². The number of carbonyl (C=O) groups excluding carboxylic acids is 1. The zero-order valence-electron chi connectivity index (χ0n) is 11.6. The number of rotatable bonds is 2. The van der Waals surface area contributed by atoms with Gasteiger partial charge in [0.25, 0.3) is 0 Å². The molecule has 1 unspecified atom stereocenters. The highest BCUT2D eigenvalue weighted by Crippen LogP contribution is 2.22. The molecule has 0 radical (unpaired) electrons. The number of nitrogens with zero attached hydrogens (tertiary/aromatic N) is 3. The van der Waals surface area contributed by atoms with Gasteiger partial charge in [-0.05, 0) is 13.8 Å². The van der Waals surface area contributed by atoms with Crippen molar-refractivity contribution in [2.45, 2.75) is 32.9 Å². The molecular formula is C13H18N6O. The van der Waals surface area contributed by atoms with Gasteiger partial charge < -0.3 is 15.6 Å². The van der Waals surface area contributed by atoms with Crippen molar-refractivity contribution in [3.05, 3.63) is 34.7 Å². The average molecular weight is 274 g/mol. The minimum atomic E-state index is -0.668. The fraction of sp³-hybridized carbons (Fsp3) is 0.462. The van der Waals surface area contributed by atoms with Crippen molar-refractivity contribution in [3.8, 4) is 0 Å². The summed E-state index contributed by atoms with van der Waals surface area (Å²) in [6, 6.07) is -0.668. The monoisotopic (exact) mass is 274 g/mol. The Bertz CT molecular complexity index is 624. The van der Waals surface area contributed by atoms with Crippen LogP contribution in [0.15, 0.2) is 6.33 Å². The maximum atomic E-state index is 12.6. The van der Waals surface area contributed by atoms with Crippen LogP contribution in [0.2, 0.25) is 0 Å². The van der Waals surface area contributed by atoms with E-state index in [-0.39, 0.29) is 5.91 Å². The highest BCUT2D eigenvalue weighted by molar-refractivity contribution is 5.83. The topological polar surface area (TPSA) is 104 Å². The van der Waals surface area contributed by atoms with Crippen LogP contribution in [0.3, 0.4) is 0 Å². The Hall–Kier alpha value is -2.15. The summed E-state index contributed by atoms with van der Waals surface area (Å²) in [5.41, 5.74) is 10.6. The number of H-pyrrole nitrogens is 2. The molecule has 3 rings (SSSR count). The molecule has 0 saturated heterocycles. The molecule has 0 aliphatic carbocycles. The lowest BCUT2D eigenvalue weighted by Gasteiger charge is -2.28. The molecule has 1 aliphatic heterocycles. The Morgan fingerprint density at radius 3 is 3.00 bits per heavy atom. The van der Waals surface area contributed by atoms with E-state index in [1.54, 1.807) is 11.2 Å². The third kappa shape index (κ3) is 2.00. The lowest BCUT2D eigenvalue weighted by molar-refractivity contribution is -0.133. The molecular weight excluding hydrogens is 256 g/mol. The summed E-state index contributed by atoms with van der Waals surface area (Å²) in [4.78, 5) is 21.6. The Kier molecular flexibility index (Phi) is 3.06. The average Bonchev–Trinajstić information content (AvgIpc) is 3.03. The van der Waals surface area contributed by atoms with Gasteiger partial charge in [0.15, 0.2) is 0 Å². The van der Waals surface area contributed by atoms with Crippen molar-refractivity contribution in [3.63, 3.8) is 0 Å². The molecule has 2 aromatic heterocycles. The molecule has 7 nitrogen and oxygen atoms in total. The lowest BCUT2D eigenvalue weighted by atomic mass is 10.0. The number of nitrogens with two attached hydrogens (primary N) is 1. The molecule has 3 heterocycles. The van der Waals surface area contributed by atoms with Gasteiger partial charge in [0.1, 0.15) is 6.04 Å². The molecule has 1 amide bonds. The van der Waals surface area contributed by atoms with E-state index >= 15 is 0 Å². The molecule has 0 spiro atoms. The van der Waals surface area contributed by atoms with E-state index in [0.29, 0.717) is 13.1 Å². The molecule has 0 aromatic carbocycles. The van der Waals surface area contributed by atoms with Crippen LogP contribution in [0, 0.1) is 13.8 Å². The second-order valence-corrected chi connectivity index (χ2v) is 5.16. The summed E-state index contributed by atoms with van der Waals surface area (Å²) in [5, 5.41) is 6.97. The first-order chi connectivity index (χ1) is 9.58. The standard InChI is InChI=1S/C13H18N6O/c1-7-11(8(2)18-17-7)12(14)13(20)19-4-3-9-10(5-19)16-6-15-9/h6,12H,3-5,14H2,1-2H3,(H,15,16)(H,17,18). The lowest BCUT2D eigenvalue weighted by Crippen LogP contribution is -2.41. The summed E-state index contributed by atoms with van der Waals surface area (Å²) < 4.78 is 0. The van der Waals surface area contributed by atoms with E-state index in [1.165, 1.54) is 0 Å². The van der Waals surface area contributed by atoms with Crippen molar-refractivity contribution >= 4 is 5.91 Å². The quantitative estimate of drug-likeness (QED) is 0.734. The molecule has 1 atom stereocenters. The van der Waals surface area contributed by atoms with Gasteiger partial charge in [-0.2, -0.15) is 5.10 Å². The first kappa shape index (κ1) is 12.9. The smallest absolute Gasteiger partial charge is 0.244 e. The van der Waals surface area contributed by atoms with E-state index in [1.807, 2.05) is 13.8 Å². The van der Waals surface area contributed by atoms with Crippen molar-refractivity contribution in [2.24, 2.45) is 5.73 Å². The van der Waals surface area contributed by atoms with E-state index in [4.69, 9.17) is 5.73 Å². The van der Waals surface area contributed by atoms with Crippen molar-refractivity contribution in [1.82, 2.24) is 25.1 Å². The number of aromatic nitrogens is 4. The van der Waals surface area contributed by atoms with E-state index in [0.717, 1.165) is 34.8 Å². The van der Waals surface area contributed by atoms with Gasteiger partial charge in [0.05, 0.1) is 30.0 Å². The zero-order chi connectivity index (χ0) is 14.3. The second-order valence-electron chi connectivity index (χ2n) is 5.16. The molecule has 20 heavy (non-hydrogen) atoms. The SMILES string of the molecule is Cc1n[nH]c(C)c1C(N)C(=O)N1CCc2nc[nH]c2C1. The number of nitrogens with one attached hydrogen (secondary N) is 2. The van der Waals surface area contributed by atoms with E-state index in [9.17, 15) is 4.79 Å². The number of carbonyl (C=O) groups is 1. The Balaban J connectivity index is 1.80. The van der Waals surface area contributed by atoms with Gasteiger partial charge in [-0.1, -0.05) is 0 Å². The van der Waals surface area contributed by atoms with Gasteiger partial charge in [0.2, 0.25) is 5.91 Å². The van der Waals surface area contributed by atoms with Crippen LogP contribution in [0.25, 0.3) is 0 Å². The van der Waals surface area contributed by atoms with Crippen molar-refractivity contribution < 1.29 is 4.79 Å². The Morgan fingerprint density at radius 1 is 1.50 bits per heavy atom. The molecule has 0 bridgehead atoms. The van der Waals surface area contributed by atoms with Crippen LogP contribution < -0.4 is 5.73 Å². The van der Waals surface area contributed by atoms with Gasteiger partial charge in [-0.15, -0.1) is 0 Å². The maximum absolute atomic E-state index is 12.6. The van der Waals surface area contributed by atoms with Crippen molar-refractivity contribution in [2.75, 3.05) is 6.54 Å². The predicted octanol–water partition coefficient (Wildman–Crippen LogP) is 0.334. The molecule has 4 N–H and O–H groups in total. The highest BCUT2D eigenvalue weighted by atomic mass is 16.2. The number of fused-ring (bicyclic) bond motifs is 1. The Morgan fingerprint density at radius 2 is 2.30 bits per heavy atom. The molecule has 0 saturated carbocycles. The molecule has 2 aromatic rings. The van der Waals surface area contributed by atoms with Crippen LogP contribution in [0.1, 0.15) is 34.4 Å². The largest absolute Gasteiger partial charge is 0.347 e. The van der Waals surface area contributed by atoms with E-state index < -0.39 is 6.04 Å². The van der Waals surface area contributed by atoms with Crippen LogP contribution >= 0.6 is 0 Å². The molecule has 0 fully saturated rings. The zero-order valence-corrected chi connectivity index (χ0v) is 11.6. The summed E-state index contributed by atoms with van der Waals surface area (Å²) in [7, 11) is 0. The fourth-order valence-corrected chi connectivity index (χ4v) is 2.74. The number of amides is 1. The predicted molar refractivity (Wildman–Crippen MR) is 72.7 cm³/mol. The van der Waals surface area contributed by atoms with Crippen LogP contribution in [0.5, 0.6) is 0 Å². The highest BCUT2D eigenvalue weighted by Gasteiger charge is 2.29. The normalized spacial score (nSPS) is 16.1.